The molecule has 0 spiro atoms. The van der Waals surface area contributed by atoms with E-state index < -0.39 is 0 Å². The quantitative estimate of drug-likeness (QED) is 0.386. The first-order valence-electron chi connectivity index (χ1n) is 10.5. The zero-order valence-corrected chi connectivity index (χ0v) is 17.7. The summed E-state index contributed by atoms with van der Waals surface area (Å²) < 4.78 is 0. The molecule has 0 saturated carbocycles. The number of halogens is 1. The number of anilines is 1. The zero-order chi connectivity index (χ0) is 21.3. The molecule has 1 aliphatic heterocycles. The Morgan fingerprint density at radius 2 is 1.94 bits per heavy atom. The molecular formula is C26H21ClN2O2. The van der Waals surface area contributed by atoms with Gasteiger partial charge in [-0.25, -0.2) is 0 Å². The molecule has 4 nitrogen and oxygen atoms in total. The summed E-state index contributed by atoms with van der Waals surface area (Å²) in [5, 5.41) is 13.4. The van der Waals surface area contributed by atoms with Crippen molar-refractivity contribution in [2.75, 3.05) is 17.3 Å². The second-order valence-electron chi connectivity index (χ2n) is 8.48. The smallest absolute Gasteiger partial charge is 0.274 e. The molecule has 4 aromatic rings. The number of hydrogen-bond donors (Lipinski definition) is 2. The highest BCUT2D eigenvalue weighted by molar-refractivity contribution is 6.19. The SMILES string of the molecule is C=C1CCc2c1ccc1[nH]c(C(=O)N3C[C@@H](CCl)c4c3cc(O)c3ccccc43)cc21. The number of aromatic hydroxyl groups is 1. The molecule has 0 radical (unpaired) electrons. The van der Waals surface area contributed by atoms with Crippen LogP contribution in [0.3, 0.4) is 0 Å². The van der Waals surface area contributed by atoms with Crippen LogP contribution in [0.5, 0.6) is 5.75 Å². The Kier molecular flexibility index (Phi) is 3.96. The number of benzene rings is 3. The van der Waals surface area contributed by atoms with E-state index in [2.05, 4.69) is 17.6 Å². The number of phenolic OH excluding ortho intramolecular Hbond substituents is 1. The molecule has 3 aromatic carbocycles. The Hall–Kier alpha value is -3.24. The molecule has 0 bridgehead atoms. The van der Waals surface area contributed by atoms with Crippen LogP contribution in [0.4, 0.5) is 5.69 Å². The Morgan fingerprint density at radius 1 is 1.13 bits per heavy atom. The maximum Gasteiger partial charge on any atom is 0.274 e. The Bertz CT molecular complexity index is 1420. The topological polar surface area (TPSA) is 56.3 Å². The summed E-state index contributed by atoms with van der Waals surface area (Å²) >= 11 is 6.32. The number of carbonyl (C=O) groups is 1. The van der Waals surface area contributed by atoms with Crippen LogP contribution in [0.1, 0.15) is 39.5 Å². The molecule has 1 amide bonds. The highest BCUT2D eigenvalue weighted by Gasteiger charge is 2.35. The fourth-order valence-electron chi connectivity index (χ4n) is 5.28. The fraction of sp³-hybridized carbons (Fsp3) is 0.192. The van der Waals surface area contributed by atoms with Gasteiger partial charge in [0, 0.05) is 40.7 Å². The number of aromatic amines is 1. The van der Waals surface area contributed by atoms with E-state index in [1.54, 1.807) is 11.0 Å². The molecule has 1 atom stereocenters. The van der Waals surface area contributed by atoms with E-state index in [9.17, 15) is 9.90 Å². The van der Waals surface area contributed by atoms with Gasteiger partial charge in [0.2, 0.25) is 0 Å². The van der Waals surface area contributed by atoms with Crippen molar-refractivity contribution in [3.63, 3.8) is 0 Å². The molecule has 2 heterocycles. The number of aromatic nitrogens is 1. The van der Waals surface area contributed by atoms with E-state index in [0.717, 1.165) is 51.3 Å². The average molecular weight is 429 g/mol. The van der Waals surface area contributed by atoms with E-state index in [1.807, 2.05) is 36.4 Å². The van der Waals surface area contributed by atoms with E-state index in [1.165, 1.54) is 11.1 Å². The van der Waals surface area contributed by atoms with Crippen molar-refractivity contribution in [3.8, 4) is 5.75 Å². The largest absolute Gasteiger partial charge is 0.507 e. The second kappa shape index (κ2) is 6.63. The lowest BCUT2D eigenvalue weighted by atomic mass is 9.95. The Balaban J connectivity index is 1.48. The van der Waals surface area contributed by atoms with Crippen molar-refractivity contribution in [2.24, 2.45) is 0 Å². The monoisotopic (exact) mass is 428 g/mol. The molecule has 2 aliphatic rings. The molecule has 5 heteroatoms. The van der Waals surface area contributed by atoms with Crippen molar-refractivity contribution < 1.29 is 9.90 Å². The lowest BCUT2D eigenvalue weighted by Crippen LogP contribution is -2.30. The molecule has 31 heavy (non-hydrogen) atoms. The molecule has 1 aliphatic carbocycles. The van der Waals surface area contributed by atoms with Crippen molar-refractivity contribution in [2.45, 2.75) is 18.8 Å². The minimum atomic E-state index is -0.106. The number of rotatable bonds is 2. The Labute approximate surface area is 184 Å². The number of hydrogen-bond acceptors (Lipinski definition) is 2. The maximum absolute atomic E-state index is 13.6. The minimum Gasteiger partial charge on any atom is -0.507 e. The van der Waals surface area contributed by atoms with E-state index in [4.69, 9.17) is 11.6 Å². The van der Waals surface area contributed by atoms with Crippen LogP contribution in [0.15, 0.2) is 55.1 Å². The van der Waals surface area contributed by atoms with Crippen LogP contribution in [0.2, 0.25) is 0 Å². The van der Waals surface area contributed by atoms with Gasteiger partial charge >= 0.3 is 0 Å². The molecule has 0 saturated heterocycles. The maximum atomic E-state index is 13.6. The summed E-state index contributed by atoms with van der Waals surface area (Å²) in [7, 11) is 0. The third-order valence-corrected chi connectivity index (χ3v) is 7.15. The summed E-state index contributed by atoms with van der Waals surface area (Å²) in [4.78, 5) is 18.7. The summed E-state index contributed by atoms with van der Waals surface area (Å²) in [5.41, 5.74) is 6.92. The van der Waals surface area contributed by atoms with Crippen molar-refractivity contribution in [3.05, 3.63) is 77.5 Å². The number of phenols is 1. The van der Waals surface area contributed by atoms with Gasteiger partial charge in [-0.3, -0.25) is 4.79 Å². The van der Waals surface area contributed by atoms with Gasteiger partial charge in [-0.2, -0.15) is 0 Å². The number of H-pyrrole nitrogens is 1. The summed E-state index contributed by atoms with van der Waals surface area (Å²) in [6.07, 6.45) is 1.92. The Morgan fingerprint density at radius 3 is 2.74 bits per heavy atom. The highest BCUT2D eigenvalue weighted by atomic mass is 35.5. The van der Waals surface area contributed by atoms with Crippen molar-refractivity contribution in [1.29, 1.82) is 0 Å². The van der Waals surface area contributed by atoms with Crippen molar-refractivity contribution >= 4 is 50.4 Å². The number of fused-ring (bicyclic) bond motifs is 6. The summed E-state index contributed by atoms with van der Waals surface area (Å²) in [6.45, 7) is 4.66. The minimum absolute atomic E-state index is 0.0167. The number of alkyl halides is 1. The van der Waals surface area contributed by atoms with E-state index in [-0.39, 0.29) is 17.6 Å². The number of amides is 1. The molecule has 0 unspecified atom stereocenters. The highest BCUT2D eigenvalue weighted by Crippen LogP contribution is 2.46. The number of allylic oxidation sites excluding steroid dienone is 1. The summed E-state index contributed by atoms with van der Waals surface area (Å²) in [6, 6.07) is 15.5. The molecule has 154 valence electrons. The molecule has 1 aromatic heterocycles. The van der Waals surface area contributed by atoms with Gasteiger partial charge < -0.3 is 15.0 Å². The van der Waals surface area contributed by atoms with E-state index >= 15 is 0 Å². The lowest BCUT2D eigenvalue weighted by molar-refractivity contribution is 0.0984. The van der Waals surface area contributed by atoms with Gasteiger partial charge in [-0.05, 0) is 52.6 Å². The van der Waals surface area contributed by atoms with E-state index in [0.29, 0.717) is 18.1 Å². The van der Waals surface area contributed by atoms with Crippen LogP contribution in [0.25, 0.3) is 27.2 Å². The predicted octanol–water partition coefficient (Wildman–Crippen LogP) is 5.97. The zero-order valence-electron chi connectivity index (χ0n) is 16.9. The third kappa shape index (κ3) is 2.58. The first-order valence-corrected chi connectivity index (χ1v) is 11.1. The second-order valence-corrected chi connectivity index (χ2v) is 8.79. The van der Waals surface area contributed by atoms with Crippen LogP contribution >= 0.6 is 11.6 Å². The van der Waals surface area contributed by atoms with Gasteiger partial charge in [0.1, 0.15) is 11.4 Å². The van der Waals surface area contributed by atoms with Gasteiger partial charge in [-0.1, -0.05) is 36.9 Å². The van der Waals surface area contributed by atoms with Gasteiger partial charge in [0.25, 0.3) is 5.91 Å². The molecular weight excluding hydrogens is 408 g/mol. The number of carbonyl (C=O) groups excluding carboxylic acids is 1. The van der Waals surface area contributed by atoms with Crippen LogP contribution in [-0.2, 0) is 6.42 Å². The first kappa shape index (κ1) is 18.5. The van der Waals surface area contributed by atoms with Crippen molar-refractivity contribution in [1.82, 2.24) is 4.98 Å². The average Bonchev–Trinajstić information content (AvgIpc) is 3.48. The molecule has 2 N–H and O–H groups in total. The predicted molar refractivity (Wildman–Crippen MR) is 126 cm³/mol. The standard InChI is InChI=1S/C26H21ClN2O2/c1-14-6-7-17-16(14)8-9-21-20(17)10-22(28-21)26(31)29-13-15(12-27)25-19-5-3-2-4-18(19)24(30)11-23(25)29/h2-5,8-11,15,28,30H,1,6-7,12-13H2/t15-/m1/s1. The van der Waals surface area contributed by atoms with Crippen LogP contribution in [-0.4, -0.2) is 28.4 Å². The summed E-state index contributed by atoms with van der Waals surface area (Å²) in [5.74, 6) is 0.497. The third-order valence-electron chi connectivity index (χ3n) is 6.78. The van der Waals surface area contributed by atoms with Crippen LogP contribution in [0, 0.1) is 0 Å². The molecule has 6 rings (SSSR count). The lowest BCUT2D eigenvalue weighted by Gasteiger charge is -2.17. The number of aryl methyl sites for hydroxylation is 1. The first-order chi connectivity index (χ1) is 15.1. The van der Waals surface area contributed by atoms with Gasteiger partial charge in [0.05, 0.1) is 5.69 Å². The fourth-order valence-corrected chi connectivity index (χ4v) is 5.53. The van der Waals surface area contributed by atoms with Gasteiger partial charge in [0.15, 0.2) is 0 Å². The van der Waals surface area contributed by atoms with Gasteiger partial charge in [-0.15, -0.1) is 11.6 Å². The number of nitrogens with zero attached hydrogens (tertiary/aromatic N) is 1. The normalized spacial score (nSPS) is 17.5. The molecule has 0 fully saturated rings. The van der Waals surface area contributed by atoms with Crippen LogP contribution < -0.4 is 4.90 Å². The number of nitrogens with one attached hydrogen (secondary N) is 1.